The number of amides is 1. The molecule has 0 radical (unpaired) electrons. The van der Waals surface area contributed by atoms with Crippen LogP contribution in [0.1, 0.15) is 30.6 Å². The van der Waals surface area contributed by atoms with Crippen molar-refractivity contribution in [2.75, 3.05) is 25.2 Å². The maximum Gasteiger partial charge on any atom is 0.253 e. The molecule has 1 N–H and O–H groups in total. The Balaban J connectivity index is 2.10. The van der Waals surface area contributed by atoms with E-state index in [0.29, 0.717) is 5.56 Å². The molecule has 20 heavy (non-hydrogen) atoms. The molecule has 0 aliphatic carbocycles. The van der Waals surface area contributed by atoms with Crippen LogP contribution in [0.15, 0.2) is 29.4 Å². The van der Waals surface area contributed by atoms with Gasteiger partial charge in [-0.15, -0.1) is 0 Å². The van der Waals surface area contributed by atoms with Crippen molar-refractivity contribution in [3.05, 3.63) is 29.8 Å². The number of carbonyl (C=O) groups is 1. The quantitative estimate of drug-likeness (QED) is 0.910. The van der Waals surface area contributed by atoms with Crippen LogP contribution in [-0.2, 0) is 0 Å². The molecule has 0 aromatic heterocycles. The van der Waals surface area contributed by atoms with Crippen LogP contribution in [0.3, 0.4) is 0 Å². The molecule has 0 spiro atoms. The van der Waals surface area contributed by atoms with E-state index in [4.69, 9.17) is 5.11 Å². The molecule has 1 aliphatic rings. The maximum atomic E-state index is 12.2. The summed E-state index contributed by atoms with van der Waals surface area (Å²) in [6.45, 7) is 4.68. The lowest BCUT2D eigenvalue weighted by Crippen LogP contribution is -2.37. The molecule has 1 heterocycles. The first-order chi connectivity index (χ1) is 9.52. The van der Waals surface area contributed by atoms with E-state index < -0.39 is 0 Å². The maximum absolute atomic E-state index is 12.2. The Morgan fingerprint density at radius 2 is 2.10 bits per heavy atom. The van der Waals surface area contributed by atoms with Crippen molar-refractivity contribution in [2.45, 2.75) is 26.3 Å². The van der Waals surface area contributed by atoms with Crippen LogP contribution in [0.25, 0.3) is 0 Å². The molecule has 0 bridgehead atoms. The largest absolute Gasteiger partial charge is 0.394 e. The molecule has 108 valence electrons. The number of likely N-dealkylation sites (N-methyl/N-ethyl adjacent to an activating group) is 1. The van der Waals surface area contributed by atoms with Crippen molar-refractivity contribution in [1.29, 1.82) is 0 Å². The number of hydrogen-bond donors (Lipinski definition) is 1. The summed E-state index contributed by atoms with van der Waals surface area (Å²) in [5, 5.41) is 15.5. The van der Waals surface area contributed by atoms with Gasteiger partial charge in [0, 0.05) is 31.3 Å². The summed E-state index contributed by atoms with van der Waals surface area (Å²) in [7, 11) is 1.70. The molecule has 0 saturated heterocycles. The predicted octanol–water partition coefficient (Wildman–Crippen LogP) is 1.73. The molecule has 0 fully saturated rings. The molecule has 1 atom stereocenters. The van der Waals surface area contributed by atoms with Crippen molar-refractivity contribution >= 4 is 17.3 Å². The smallest absolute Gasteiger partial charge is 0.253 e. The summed E-state index contributed by atoms with van der Waals surface area (Å²) in [5.41, 5.74) is 2.74. The Hall–Kier alpha value is -1.88. The molecule has 2 rings (SSSR count). The predicted molar refractivity (Wildman–Crippen MR) is 80.2 cm³/mol. The lowest BCUT2D eigenvalue weighted by molar-refractivity contribution is 0.0682. The Morgan fingerprint density at radius 1 is 1.45 bits per heavy atom. The molecule has 1 amide bonds. The fourth-order valence-electron chi connectivity index (χ4n) is 2.06. The normalized spacial score (nSPS) is 16.0. The number of anilines is 1. The first kappa shape index (κ1) is 14.5. The van der Waals surface area contributed by atoms with Crippen molar-refractivity contribution in [3.63, 3.8) is 0 Å². The number of aliphatic hydroxyl groups is 1. The second-order valence-electron chi connectivity index (χ2n) is 5.20. The zero-order chi connectivity index (χ0) is 14.7. The van der Waals surface area contributed by atoms with Gasteiger partial charge in [-0.3, -0.25) is 9.80 Å². The van der Waals surface area contributed by atoms with Gasteiger partial charge in [0.15, 0.2) is 0 Å². The van der Waals surface area contributed by atoms with E-state index in [1.165, 1.54) is 0 Å². The second kappa shape index (κ2) is 6.05. The molecule has 0 saturated carbocycles. The average molecular weight is 275 g/mol. The fourth-order valence-corrected chi connectivity index (χ4v) is 2.06. The lowest BCUT2D eigenvalue weighted by atomic mass is 10.1. The zero-order valence-electron chi connectivity index (χ0n) is 12.2. The van der Waals surface area contributed by atoms with Crippen molar-refractivity contribution < 1.29 is 9.90 Å². The number of benzene rings is 1. The molecule has 1 aromatic carbocycles. The molecular weight excluding hydrogens is 254 g/mol. The summed E-state index contributed by atoms with van der Waals surface area (Å²) in [5.74, 6) is -0.0841. The van der Waals surface area contributed by atoms with Gasteiger partial charge in [0.1, 0.15) is 0 Å². The minimum Gasteiger partial charge on any atom is -0.394 e. The number of hydrogen-bond acceptors (Lipinski definition) is 4. The van der Waals surface area contributed by atoms with Crippen LogP contribution in [0, 0.1) is 0 Å². The van der Waals surface area contributed by atoms with Crippen LogP contribution in [0.5, 0.6) is 0 Å². The van der Waals surface area contributed by atoms with Gasteiger partial charge in [-0.2, -0.15) is 5.10 Å². The van der Waals surface area contributed by atoms with E-state index in [-0.39, 0.29) is 18.6 Å². The van der Waals surface area contributed by atoms with Crippen molar-refractivity contribution in [1.82, 2.24) is 4.90 Å². The first-order valence-corrected chi connectivity index (χ1v) is 6.82. The third-order valence-electron chi connectivity index (χ3n) is 3.63. The van der Waals surface area contributed by atoms with Gasteiger partial charge < -0.3 is 10.0 Å². The Bertz CT molecular complexity index is 510. The number of aliphatic hydroxyl groups excluding tert-OH is 1. The Morgan fingerprint density at radius 3 is 2.60 bits per heavy atom. The molecule has 1 aromatic rings. The monoisotopic (exact) mass is 275 g/mol. The van der Waals surface area contributed by atoms with Gasteiger partial charge in [0.25, 0.3) is 5.91 Å². The second-order valence-corrected chi connectivity index (χ2v) is 5.20. The first-order valence-electron chi connectivity index (χ1n) is 6.82. The van der Waals surface area contributed by atoms with E-state index in [2.05, 4.69) is 5.10 Å². The summed E-state index contributed by atoms with van der Waals surface area (Å²) < 4.78 is 0. The summed E-state index contributed by atoms with van der Waals surface area (Å²) in [6, 6.07) is 7.25. The SMILES string of the molecule is CC1=NN(c2ccc(C(=O)N(C)C(C)CO)cc2)CC1. The minimum atomic E-state index is -0.187. The van der Waals surface area contributed by atoms with E-state index in [1.54, 1.807) is 24.1 Å². The highest BCUT2D eigenvalue weighted by atomic mass is 16.3. The number of nitrogens with zero attached hydrogens (tertiary/aromatic N) is 3. The topological polar surface area (TPSA) is 56.1 Å². The Labute approximate surface area is 119 Å². The van der Waals surface area contributed by atoms with Gasteiger partial charge in [-0.05, 0) is 38.1 Å². The summed E-state index contributed by atoms with van der Waals surface area (Å²) in [4.78, 5) is 13.8. The van der Waals surface area contributed by atoms with E-state index >= 15 is 0 Å². The molecule has 5 nitrogen and oxygen atoms in total. The number of hydrazone groups is 1. The lowest BCUT2D eigenvalue weighted by Gasteiger charge is -2.23. The van der Waals surface area contributed by atoms with E-state index in [1.807, 2.05) is 31.0 Å². The standard InChI is InChI=1S/C15H21N3O2/c1-11-8-9-18(16-11)14-6-4-13(5-7-14)15(20)17(3)12(2)10-19/h4-7,12,19H,8-10H2,1-3H3. The van der Waals surface area contributed by atoms with Crippen LogP contribution in [-0.4, -0.2) is 47.9 Å². The van der Waals surface area contributed by atoms with Crippen molar-refractivity contribution in [2.24, 2.45) is 5.10 Å². The van der Waals surface area contributed by atoms with E-state index in [9.17, 15) is 4.79 Å². The van der Waals surface area contributed by atoms with Crippen LogP contribution in [0.2, 0.25) is 0 Å². The van der Waals surface area contributed by atoms with E-state index in [0.717, 1.165) is 24.4 Å². The molecule has 5 heteroatoms. The average Bonchev–Trinajstić information content (AvgIpc) is 2.91. The number of rotatable bonds is 4. The summed E-state index contributed by atoms with van der Waals surface area (Å²) in [6.07, 6.45) is 0.984. The zero-order valence-corrected chi connectivity index (χ0v) is 12.2. The molecular formula is C15H21N3O2. The van der Waals surface area contributed by atoms with Gasteiger partial charge >= 0.3 is 0 Å². The van der Waals surface area contributed by atoms with Gasteiger partial charge in [-0.25, -0.2) is 0 Å². The molecule has 1 aliphatic heterocycles. The summed E-state index contributed by atoms with van der Waals surface area (Å²) >= 11 is 0. The van der Waals surface area contributed by atoms with Gasteiger partial charge in [0.2, 0.25) is 0 Å². The van der Waals surface area contributed by atoms with Crippen LogP contribution in [0.4, 0.5) is 5.69 Å². The Kier molecular flexibility index (Phi) is 4.39. The molecule has 1 unspecified atom stereocenters. The van der Waals surface area contributed by atoms with Crippen LogP contribution < -0.4 is 5.01 Å². The van der Waals surface area contributed by atoms with Crippen LogP contribution >= 0.6 is 0 Å². The minimum absolute atomic E-state index is 0.0396. The highest BCUT2D eigenvalue weighted by Gasteiger charge is 2.18. The number of carbonyl (C=O) groups excluding carboxylic acids is 1. The van der Waals surface area contributed by atoms with Crippen molar-refractivity contribution in [3.8, 4) is 0 Å². The highest BCUT2D eigenvalue weighted by Crippen LogP contribution is 2.20. The third kappa shape index (κ3) is 2.99. The fraction of sp³-hybridized carbons (Fsp3) is 0.467. The van der Waals surface area contributed by atoms with Gasteiger partial charge in [-0.1, -0.05) is 0 Å². The highest BCUT2D eigenvalue weighted by molar-refractivity contribution is 5.94. The third-order valence-corrected chi connectivity index (χ3v) is 3.63. The van der Waals surface area contributed by atoms with Gasteiger partial charge in [0.05, 0.1) is 18.3 Å².